The van der Waals surface area contributed by atoms with Crippen molar-refractivity contribution in [1.29, 1.82) is 0 Å². The Morgan fingerprint density at radius 2 is 1.16 bits per heavy atom. The second kappa shape index (κ2) is 17.8. The average molecular weight is 785 g/mol. The van der Waals surface area contributed by atoms with E-state index in [-0.39, 0.29) is 22.4 Å². The van der Waals surface area contributed by atoms with Crippen molar-refractivity contribution in [2.24, 2.45) is 0 Å². The number of carbonyl (C=O) groups excluding carboxylic acids is 4. The topological polar surface area (TPSA) is 151 Å². The molecule has 0 aliphatic carbocycles. The average Bonchev–Trinajstić information content (AvgIpc) is 3.26. The fourth-order valence-corrected chi connectivity index (χ4v) is 9.33. The van der Waals surface area contributed by atoms with Crippen molar-refractivity contribution in [3.8, 4) is 0 Å². The molecule has 0 saturated carbocycles. The van der Waals surface area contributed by atoms with Gasteiger partial charge >= 0.3 is 23.9 Å². The highest BCUT2D eigenvalue weighted by Crippen LogP contribution is 2.45. The number of esters is 4. The molecule has 0 radical (unpaired) electrons. The summed E-state index contributed by atoms with van der Waals surface area (Å²) in [7, 11) is -3.12. The molecular formula is C33H60O13S2Si2. The van der Waals surface area contributed by atoms with E-state index in [1.165, 1.54) is 39.5 Å². The van der Waals surface area contributed by atoms with Crippen LogP contribution in [0.3, 0.4) is 0 Å². The normalized spacial score (nSPS) is 30.0. The minimum atomic E-state index is -2.38. The first-order valence-electron chi connectivity index (χ1n) is 16.9. The van der Waals surface area contributed by atoms with Crippen molar-refractivity contribution in [3.05, 3.63) is 0 Å². The summed E-state index contributed by atoms with van der Waals surface area (Å²) < 4.78 is 54.7. The van der Waals surface area contributed by atoms with Gasteiger partial charge in [-0.25, -0.2) is 0 Å². The molecule has 2 aliphatic heterocycles. The van der Waals surface area contributed by atoms with Gasteiger partial charge in [-0.1, -0.05) is 41.5 Å². The molecule has 0 amide bonds. The maximum Gasteiger partial charge on any atom is 0.303 e. The summed E-state index contributed by atoms with van der Waals surface area (Å²) in [6, 6.07) is 0. The number of thioether (sulfide) groups is 1. The third-order valence-electron chi connectivity index (χ3n) is 9.67. The smallest absolute Gasteiger partial charge is 0.303 e. The Hall–Kier alpha value is -1.19. The quantitative estimate of drug-likeness (QED) is 0.106. The third-order valence-corrected chi connectivity index (χ3v) is 20.6. The van der Waals surface area contributed by atoms with Crippen LogP contribution >= 0.6 is 24.4 Å². The predicted molar refractivity (Wildman–Crippen MR) is 197 cm³/mol. The predicted octanol–water partition coefficient (Wildman–Crippen LogP) is 5.25. The molecule has 10 atom stereocenters. The minimum Gasteiger partial charge on any atom is -0.463 e. The molecule has 13 nitrogen and oxygen atoms in total. The second-order valence-electron chi connectivity index (χ2n) is 15.9. The standard InChI is InChI=1S/C33H60O13S2Si2/c1-18(34)39-16-22-24(40-19(2)35)26(41-20(3)36)29(42-21(4)37)31(43-22)48-17-23(47)25-27(45-49(12,13)32(5,6)7)28(30(38-11)44-25)46-50(14,15)33(8,9)10/h22-31,47H,16-17H2,1-15H3/t22-,23+,24+,25+,26+,27+,28-,29-,30-,31+/m1/s1. The van der Waals surface area contributed by atoms with Crippen molar-refractivity contribution in [2.45, 2.75) is 165 Å². The van der Waals surface area contributed by atoms with Crippen LogP contribution in [-0.2, 0) is 61.2 Å². The lowest BCUT2D eigenvalue weighted by molar-refractivity contribution is -0.237. The number of ether oxygens (including phenoxy) is 7. The van der Waals surface area contributed by atoms with Crippen molar-refractivity contribution < 1.29 is 61.2 Å². The van der Waals surface area contributed by atoms with Gasteiger partial charge in [0, 0.05) is 45.8 Å². The van der Waals surface area contributed by atoms with Gasteiger partial charge in [-0.3, -0.25) is 19.2 Å². The number of hydrogen-bond donors (Lipinski definition) is 1. The van der Waals surface area contributed by atoms with E-state index in [4.69, 9.17) is 54.6 Å². The summed E-state index contributed by atoms with van der Waals surface area (Å²) in [6.45, 7) is 26.2. The molecule has 0 aromatic heterocycles. The summed E-state index contributed by atoms with van der Waals surface area (Å²) in [6.07, 6.45) is -7.07. The fraction of sp³-hybridized carbons (Fsp3) is 0.879. The monoisotopic (exact) mass is 784 g/mol. The van der Waals surface area contributed by atoms with Gasteiger partial charge < -0.3 is 42.0 Å². The summed E-state index contributed by atoms with van der Waals surface area (Å²) in [5, 5.41) is -0.678. The molecule has 2 rings (SSSR count). The summed E-state index contributed by atoms with van der Waals surface area (Å²) >= 11 is 6.27. The Bertz CT molecular complexity index is 1190. The Morgan fingerprint density at radius 3 is 1.60 bits per heavy atom. The van der Waals surface area contributed by atoms with E-state index >= 15 is 0 Å². The van der Waals surface area contributed by atoms with Gasteiger partial charge in [-0.05, 0) is 36.3 Å². The summed E-state index contributed by atoms with van der Waals surface area (Å²) in [4.78, 5) is 48.5. The molecule has 2 saturated heterocycles. The van der Waals surface area contributed by atoms with Crippen molar-refractivity contribution in [2.75, 3.05) is 19.5 Å². The molecule has 17 heteroatoms. The summed E-state index contributed by atoms with van der Waals surface area (Å²) in [5.41, 5.74) is -0.955. The molecule has 0 spiro atoms. The van der Waals surface area contributed by atoms with Crippen LogP contribution in [0.15, 0.2) is 0 Å². The van der Waals surface area contributed by atoms with Crippen LogP contribution in [0.25, 0.3) is 0 Å². The molecule has 50 heavy (non-hydrogen) atoms. The van der Waals surface area contributed by atoms with E-state index in [9.17, 15) is 19.2 Å². The highest BCUT2D eigenvalue weighted by Gasteiger charge is 2.56. The lowest BCUT2D eigenvalue weighted by Crippen LogP contribution is -2.61. The van der Waals surface area contributed by atoms with E-state index in [1.807, 2.05) is 0 Å². The first kappa shape index (κ1) is 45.0. The maximum absolute atomic E-state index is 12.3. The van der Waals surface area contributed by atoms with Crippen LogP contribution in [0.5, 0.6) is 0 Å². The third kappa shape index (κ3) is 11.9. The lowest BCUT2D eigenvalue weighted by atomic mass is 9.99. The van der Waals surface area contributed by atoms with E-state index in [2.05, 4.69) is 67.7 Å². The van der Waals surface area contributed by atoms with Crippen LogP contribution in [0.1, 0.15) is 69.2 Å². The summed E-state index contributed by atoms with van der Waals surface area (Å²) in [5.74, 6) is -2.37. The molecule has 0 bridgehead atoms. The van der Waals surface area contributed by atoms with E-state index in [0.29, 0.717) is 0 Å². The van der Waals surface area contributed by atoms with Gasteiger partial charge in [0.25, 0.3) is 0 Å². The van der Waals surface area contributed by atoms with Crippen LogP contribution in [0, 0.1) is 0 Å². The minimum absolute atomic E-state index is 0.0870. The maximum atomic E-state index is 12.3. The Kier molecular flexibility index (Phi) is 16.0. The SMILES string of the molecule is CO[C@@H]1O[C@@H]([C@@H](S)CS[C@@H]2O[C@H](COC(C)=O)[C@H](OC(C)=O)[C@H](OC(C)=O)[C@H]2OC(C)=O)[C@H](O[Si](C)(C)C(C)(C)C)[C@H]1O[Si](C)(C)C(C)(C)C. The van der Waals surface area contributed by atoms with Crippen molar-refractivity contribution in [3.63, 3.8) is 0 Å². The Labute approximate surface area is 309 Å². The van der Waals surface area contributed by atoms with Gasteiger partial charge in [-0.15, -0.1) is 11.8 Å². The Morgan fingerprint density at radius 1 is 0.700 bits per heavy atom. The molecule has 0 N–H and O–H groups in total. The van der Waals surface area contributed by atoms with Gasteiger partial charge in [0.2, 0.25) is 0 Å². The highest BCUT2D eigenvalue weighted by molar-refractivity contribution is 8.00. The Balaban J connectivity index is 2.51. The number of hydrogen-bond acceptors (Lipinski definition) is 15. The number of methoxy groups -OCH3 is 1. The fourth-order valence-electron chi connectivity index (χ4n) is 5.05. The van der Waals surface area contributed by atoms with E-state index < -0.39 is 100 Å². The zero-order valence-electron chi connectivity index (χ0n) is 32.4. The van der Waals surface area contributed by atoms with E-state index in [1.54, 1.807) is 7.11 Å². The molecule has 290 valence electrons. The molecule has 2 heterocycles. The zero-order chi connectivity index (χ0) is 38.6. The van der Waals surface area contributed by atoms with Crippen molar-refractivity contribution >= 4 is 64.9 Å². The van der Waals surface area contributed by atoms with E-state index in [0.717, 1.165) is 0 Å². The highest BCUT2D eigenvalue weighted by atomic mass is 32.2. The molecule has 0 unspecified atom stereocenters. The number of carbonyl (C=O) groups is 4. The molecule has 0 aromatic carbocycles. The van der Waals surface area contributed by atoms with Crippen LogP contribution in [-0.4, -0.2) is 120 Å². The van der Waals surface area contributed by atoms with Gasteiger partial charge in [0.05, 0.1) is 0 Å². The van der Waals surface area contributed by atoms with Gasteiger partial charge in [0.1, 0.15) is 36.5 Å². The molecule has 0 aromatic rings. The zero-order valence-corrected chi connectivity index (χ0v) is 36.1. The first-order chi connectivity index (χ1) is 22.7. The number of thiol groups is 1. The molecule has 2 aliphatic rings. The van der Waals surface area contributed by atoms with Crippen LogP contribution in [0.4, 0.5) is 0 Å². The lowest BCUT2D eigenvalue weighted by Gasteiger charge is -2.45. The second-order valence-corrected chi connectivity index (χ2v) is 27.2. The van der Waals surface area contributed by atoms with Crippen molar-refractivity contribution in [1.82, 2.24) is 0 Å². The largest absolute Gasteiger partial charge is 0.463 e. The van der Waals surface area contributed by atoms with Crippen LogP contribution in [0.2, 0.25) is 36.3 Å². The first-order valence-corrected chi connectivity index (χ1v) is 24.2. The van der Waals surface area contributed by atoms with Gasteiger partial charge in [0.15, 0.2) is 41.2 Å². The molecular weight excluding hydrogens is 725 g/mol. The molecule has 2 fully saturated rings. The van der Waals surface area contributed by atoms with Gasteiger partial charge in [-0.2, -0.15) is 12.6 Å². The number of rotatable bonds is 14. The van der Waals surface area contributed by atoms with Crippen LogP contribution < -0.4 is 0 Å².